The number of amides is 1. The molecule has 34 heavy (non-hydrogen) atoms. The van der Waals surface area contributed by atoms with Gasteiger partial charge in [-0.2, -0.15) is 17.2 Å². The van der Waals surface area contributed by atoms with Crippen molar-refractivity contribution in [3.05, 3.63) is 41.1 Å². The van der Waals surface area contributed by atoms with Crippen LogP contribution in [0.25, 0.3) is 0 Å². The summed E-state index contributed by atoms with van der Waals surface area (Å²) < 4.78 is 75.5. The van der Waals surface area contributed by atoms with E-state index in [4.69, 9.17) is 14.6 Å². The summed E-state index contributed by atoms with van der Waals surface area (Å²) in [6.45, 7) is -2.45. The highest BCUT2D eigenvalue weighted by Crippen LogP contribution is 2.42. The normalized spacial score (nSPS) is 17.0. The average molecular weight is 501 g/mol. The van der Waals surface area contributed by atoms with Crippen molar-refractivity contribution >= 4 is 27.6 Å². The van der Waals surface area contributed by atoms with E-state index in [0.29, 0.717) is 31.7 Å². The van der Waals surface area contributed by atoms with Gasteiger partial charge in [-0.05, 0) is 37.7 Å². The van der Waals surface area contributed by atoms with Crippen LogP contribution < -0.4 is 19.9 Å². The minimum absolute atomic E-state index is 0.0644. The number of halogens is 3. The molecule has 2 fully saturated rings. The number of benzene rings is 1. The molecule has 0 radical (unpaired) electrons. The smallest absolute Gasteiger partial charge is 0.387 e. The van der Waals surface area contributed by atoms with Gasteiger partial charge in [-0.3, -0.25) is 4.79 Å². The van der Waals surface area contributed by atoms with Crippen LogP contribution >= 0.6 is 0 Å². The number of hydrogen-bond donors (Lipinski definition) is 3. The van der Waals surface area contributed by atoms with Crippen molar-refractivity contribution in [1.82, 2.24) is 14.7 Å². The largest absolute Gasteiger partial charge is 0.432 e. The first kappa shape index (κ1) is 24.2. The molecule has 1 aromatic carbocycles. The standard InChI is InChI=1S/C20H22F3N5O5S/c21-12-7-13(10-3-5-32-6-4-10)17(33-20(22)23)14(8-12)27-18-16(19(29)28-34(24,30)31)26-15(9-25-18)11-1-2-11/h7-11,20H,1-6H2,(H,25,27)(H,28,29)(H2,24,30,31). The van der Waals surface area contributed by atoms with Crippen LogP contribution in [0.5, 0.6) is 5.75 Å². The van der Waals surface area contributed by atoms with Crippen molar-refractivity contribution in [3.8, 4) is 5.75 Å². The molecule has 14 heteroatoms. The van der Waals surface area contributed by atoms with Crippen LogP contribution in [0.4, 0.5) is 24.7 Å². The maximum absolute atomic E-state index is 14.5. The lowest BCUT2D eigenvalue weighted by molar-refractivity contribution is -0.0505. The van der Waals surface area contributed by atoms with Gasteiger partial charge in [0.25, 0.3) is 16.1 Å². The molecule has 1 aliphatic carbocycles. The molecule has 1 amide bonds. The Morgan fingerprint density at radius 2 is 1.88 bits per heavy atom. The Morgan fingerprint density at radius 1 is 1.18 bits per heavy atom. The van der Waals surface area contributed by atoms with E-state index < -0.39 is 34.2 Å². The maximum Gasteiger partial charge on any atom is 0.387 e. The first-order valence-corrected chi connectivity index (χ1v) is 12.0. The molecule has 1 aromatic heterocycles. The molecule has 2 heterocycles. The molecule has 184 valence electrons. The Hall–Kier alpha value is -2.97. The second kappa shape index (κ2) is 9.72. The van der Waals surface area contributed by atoms with Gasteiger partial charge >= 0.3 is 6.61 Å². The van der Waals surface area contributed by atoms with Crippen molar-refractivity contribution in [3.63, 3.8) is 0 Å². The summed E-state index contributed by atoms with van der Waals surface area (Å²) in [4.78, 5) is 20.9. The second-order valence-electron chi connectivity index (χ2n) is 8.00. The molecule has 4 rings (SSSR count). The molecule has 4 N–H and O–H groups in total. The van der Waals surface area contributed by atoms with Crippen LogP contribution in [0.2, 0.25) is 0 Å². The average Bonchev–Trinajstić information content (AvgIpc) is 3.60. The van der Waals surface area contributed by atoms with Crippen LogP contribution in [0.3, 0.4) is 0 Å². The predicted octanol–water partition coefficient (Wildman–Crippen LogP) is 2.67. The van der Waals surface area contributed by atoms with Gasteiger partial charge in [0, 0.05) is 30.8 Å². The number of ether oxygens (including phenoxy) is 2. The third-order valence-electron chi connectivity index (χ3n) is 5.44. The number of hydrogen-bond acceptors (Lipinski definition) is 8. The quantitative estimate of drug-likeness (QED) is 0.501. The minimum atomic E-state index is -4.42. The highest BCUT2D eigenvalue weighted by molar-refractivity contribution is 7.87. The number of carbonyl (C=O) groups excluding carboxylic acids is 1. The summed E-state index contributed by atoms with van der Waals surface area (Å²) in [5, 5.41) is 7.52. The van der Waals surface area contributed by atoms with E-state index in [9.17, 15) is 26.4 Å². The van der Waals surface area contributed by atoms with E-state index in [0.717, 1.165) is 25.0 Å². The molecule has 1 saturated carbocycles. The van der Waals surface area contributed by atoms with E-state index in [1.54, 1.807) is 4.72 Å². The van der Waals surface area contributed by atoms with E-state index >= 15 is 0 Å². The van der Waals surface area contributed by atoms with Gasteiger partial charge in [-0.15, -0.1) is 0 Å². The lowest BCUT2D eigenvalue weighted by atomic mass is 9.90. The summed E-state index contributed by atoms with van der Waals surface area (Å²) in [6, 6.07) is 2.04. The van der Waals surface area contributed by atoms with Crippen molar-refractivity contribution in [2.45, 2.75) is 44.1 Å². The van der Waals surface area contributed by atoms with Gasteiger partial charge in [0.2, 0.25) is 0 Å². The fourth-order valence-electron chi connectivity index (χ4n) is 3.77. The third-order valence-corrected chi connectivity index (χ3v) is 5.91. The Morgan fingerprint density at radius 3 is 2.50 bits per heavy atom. The zero-order chi connectivity index (χ0) is 24.5. The Kier molecular flexibility index (Phi) is 6.91. The van der Waals surface area contributed by atoms with Crippen molar-refractivity contribution in [2.75, 3.05) is 18.5 Å². The molecule has 0 atom stereocenters. The molecule has 10 nitrogen and oxygen atoms in total. The second-order valence-corrected chi connectivity index (χ2v) is 9.30. The number of rotatable bonds is 8. The van der Waals surface area contributed by atoms with E-state index in [1.807, 2.05) is 0 Å². The number of alkyl halides is 2. The molecule has 0 spiro atoms. The molecular weight excluding hydrogens is 479 g/mol. The summed E-state index contributed by atoms with van der Waals surface area (Å²) in [5.41, 5.74) is -0.00118. The summed E-state index contributed by atoms with van der Waals surface area (Å²) in [5.74, 6) is -2.75. The maximum atomic E-state index is 14.5. The van der Waals surface area contributed by atoms with Crippen LogP contribution in [-0.4, -0.2) is 44.1 Å². The first-order chi connectivity index (χ1) is 16.1. The van der Waals surface area contributed by atoms with Crippen LogP contribution in [0, 0.1) is 5.82 Å². The number of carbonyl (C=O) groups is 1. The van der Waals surface area contributed by atoms with Gasteiger partial charge in [-0.25, -0.2) is 24.2 Å². The highest BCUT2D eigenvalue weighted by Gasteiger charge is 2.30. The van der Waals surface area contributed by atoms with Crippen LogP contribution in [0.15, 0.2) is 18.3 Å². The summed E-state index contributed by atoms with van der Waals surface area (Å²) in [7, 11) is -4.42. The number of nitrogens with one attached hydrogen (secondary N) is 2. The third kappa shape index (κ3) is 5.93. The Balaban J connectivity index is 1.76. The zero-order valence-corrected chi connectivity index (χ0v) is 18.6. The fraction of sp³-hybridized carbons (Fsp3) is 0.450. The number of anilines is 2. The van der Waals surface area contributed by atoms with E-state index in [2.05, 4.69) is 15.3 Å². The highest BCUT2D eigenvalue weighted by atomic mass is 32.2. The lowest BCUT2D eigenvalue weighted by Crippen LogP contribution is -2.37. The van der Waals surface area contributed by atoms with Crippen LogP contribution in [0.1, 0.15) is 59.3 Å². The molecule has 2 aliphatic rings. The van der Waals surface area contributed by atoms with Crippen molar-refractivity contribution in [2.24, 2.45) is 5.14 Å². The van der Waals surface area contributed by atoms with E-state index in [-0.39, 0.29) is 34.7 Å². The van der Waals surface area contributed by atoms with Crippen molar-refractivity contribution < 1.29 is 35.9 Å². The molecule has 2 aromatic rings. The molecular formula is C20H22F3N5O5S. The number of aromatic nitrogens is 2. The number of nitrogens with two attached hydrogens (primary N) is 1. The first-order valence-electron chi connectivity index (χ1n) is 10.5. The van der Waals surface area contributed by atoms with Crippen molar-refractivity contribution in [1.29, 1.82) is 0 Å². The van der Waals surface area contributed by atoms with Gasteiger partial charge < -0.3 is 14.8 Å². The van der Waals surface area contributed by atoms with Crippen LogP contribution in [-0.2, 0) is 14.9 Å². The van der Waals surface area contributed by atoms with Gasteiger partial charge in [0.05, 0.1) is 17.6 Å². The summed E-state index contributed by atoms with van der Waals surface area (Å²) >= 11 is 0. The topological polar surface area (TPSA) is 146 Å². The van der Waals surface area contributed by atoms with E-state index in [1.165, 1.54) is 6.20 Å². The van der Waals surface area contributed by atoms with Gasteiger partial charge in [-0.1, -0.05) is 0 Å². The fourth-order valence-corrected chi connectivity index (χ4v) is 4.13. The lowest BCUT2D eigenvalue weighted by Gasteiger charge is -2.26. The van der Waals surface area contributed by atoms with Gasteiger partial charge in [0.15, 0.2) is 17.3 Å². The SMILES string of the molecule is NS(=O)(=O)NC(=O)c1nc(C2CC2)cnc1Nc1cc(F)cc(C2CCOCC2)c1OC(F)F. The Bertz CT molecular complexity index is 1190. The van der Waals surface area contributed by atoms with Gasteiger partial charge in [0.1, 0.15) is 5.82 Å². The zero-order valence-electron chi connectivity index (χ0n) is 17.8. The minimum Gasteiger partial charge on any atom is -0.432 e. The summed E-state index contributed by atoms with van der Waals surface area (Å²) in [6.07, 6.45) is 3.96. The predicted molar refractivity (Wildman–Crippen MR) is 114 cm³/mol. The molecule has 0 unspecified atom stereocenters. The Labute approximate surface area is 193 Å². The number of nitrogens with zero attached hydrogens (tertiary/aromatic N) is 2. The molecule has 0 bridgehead atoms. The molecule has 1 aliphatic heterocycles. The molecule has 1 saturated heterocycles. The monoisotopic (exact) mass is 501 g/mol.